The van der Waals surface area contributed by atoms with Crippen LogP contribution in [-0.2, 0) is 11.0 Å². The summed E-state index contributed by atoms with van der Waals surface area (Å²) in [4.78, 5) is 26.4. The first-order valence-corrected chi connectivity index (χ1v) is 12.2. The number of fused-ring (bicyclic) bond motifs is 1. The lowest BCUT2D eigenvalue weighted by Gasteiger charge is -2.38. The fourth-order valence-corrected chi connectivity index (χ4v) is 5.16. The van der Waals surface area contributed by atoms with Gasteiger partial charge in [-0.15, -0.1) is 0 Å². The first-order chi connectivity index (χ1) is 18.0. The van der Waals surface area contributed by atoms with Gasteiger partial charge in [0.15, 0.2) is 0 Å². The fourth-order valence-electron chi connectivity index (χ4n) is 4.91. The van der Waals surface area contributed by atoms with Crippen molar-refractivity contribution in [3.8, 4) is 0 Å². The molecular formula is C26H22ClF4N3O4. The topological polar surface area (TPSA) is 95.7 Å². The highest BCUT2D eigenvalue weighted by molar-refractivity contribution is 6.34. The van der Waals surface area contributed by atoms with Crippen LogP contribution in [0.2, 0.25) is 5.02 Å². The molecule has 38 heavy (non-hydrogen) atoms. The van der Waals surface area contributed by atoms with Crippen molar-refractivity contribution in [3.05, 3.63) is 69.9 Å². The van der Waals surface area contributed by atoms with Gasteiger partial charge in [0.25, 0.3) is 5.91 Å². The van der Waals surface area contributed by atoms with Crippen LogP contribution in [0.3, 0.4) is 0 Å². The molecule has 12 heteroatoms. The van der Waals surface area contributed by atoms with Gasteiger partial charge in [0.05, 0.1) is 33.3 Å². The Kier molecular flexibility index (Phi) is 6.79. The second kappa shape index (κ2) is 9.79. The number of hydrogen-bond donors (Lipinski definition) is 2. The average Bonchev–Trinajstić information content (AvgIpc) is 3.24. The Balaban J connectivity index is 1.65. The van der Waals surface area contributed by atoms with E-state index in [1.807, 2.05) is 0 Å². The zero-order chi connectivity index (χ0) is 27.4. The van der Waals surface area contributed by atoms with E-state index >= 15 is 0 Å². The predicted molar refractivity (Wildman–Crippen MR) is 130 cm³/mol. The van der Waals surface area contributed by atoms with Gasteiger partial charge < -0.3 is 10.2 Å². The highest BCUT2D eigenvalue weighted by Gasteiger charge is 2.38. The molecule has 0 spiro atoms. The number of aliphatic carboxylic acids is 1. The molecule has 1 aliphatic carbocycles. The van der Waals surface area contributed by atoms with Crippen molar-refractivity contribution in [2.24, 2.45) is 5.92 Å². The van der Waals surface area contributed by atoms with E-state index in [2.05, 4.69) is 5.10 Å². The number of carbonyl (C=O) groups excluding carboxylic acids is 1. The van der Waals surface area contributed by atoms with E-state index < -0.39 is 52.5 Å². The van der Waals surface area contributed by atoms with Gasteiger partial charge in [-0.05, 0) is 48.6 Å². The number of nitrogens with zero attached hydrogens (tertiary/aromatic N) is 3. The van der Waals surface area contributed by atoms with E-state index in [1.165, 1.54) is 17.0 Å². The number of carboxylic acids is 1. The first-order valence-electron chi connectivity index (χ1n) is 11.9. The Morgan fingerprint density at radius 2 is 1.89 bits per heavy atom. The second-order valence-electron chi connectivity index (χ2n) is 9.47. The zero-order valence-electron chi connectivity index (χ0n) is 19.8. The van der Waals surface area contributed by atoms with Crippen LogP contribution in [0, 0.1) is 5.92 Å². The standard InChI is InChI=1S/C26H22ClF4N3O4/c27-19-3-1-2-18(26(29,30)31)21(19)24(36)34-20-10-15(23(35)33-11-16(28)12-33)8-9-17(20)22(32-34)13-4-6-14(7-5-13)25(37)38/h1-4,8-10,14,16,23,35H,5-7,11-12H2,(H,37,38). The Hall–Kier alpha value is -3.28. The number of benzene rings is 2. The number of halogens is 5. The minimum absolute atomic E-state index is 0.0227. The van der Waals surface area contributed by atoms with Gasteiger partial charge in [-0.1, -0.05) is 35.9 Å². The lowest BCUT2D eigenvalue weighted by Crippen LogP contribution is -2.49. The molecule has 0 radical (unpaired) electrons. The Bertz CT molecular complexity index is 1460. The maximum Gasteiger partial charge on any atom is 0.417 e. The number of aliphatic hydroxyl groups is 1. The molecule has 7 nitrogen and oxygen atoms in total. The van der Waals surface area contributed by atoms with Crippen LogP contribution in [0.5, 0.6) is 0 Å². The molecule has 1 aliphatic heterocycles. The molecule has 2 atom stereocenters. The molecule has 0 amide bonds. The predicted octanol–water partition coefficient (Wildman–Crippen LogP) is 5.31. The van der Waals surface area contributed by atoms with Crippen LogP contribution >= 0.6 is 11.6 Å². The number of aliphatic hydroxyl groups excluding tert-OH is 1. The monoisotopic (exact) mass is 551 g/mol. The normalized spacial score (nSPS) is 19.7. The summed E-state index contributed by atoms with van der Waals surface area (Å²) in [5, 5.41) is 24.4. The Labute approximate surface area is 218 Å². The summed E-state index contributed by atoms with van der Waals surface area (Å²) in [6.45, 7) is 0.0453. The molecule has 2 aromatic carbocycles. The van der Waals surface area contributed by atoms with Crippen LogP contribution in [-0.4, -0.2) is 56.0 Å². The third kappa shape index (κ3) is 4.70. The number of hydrogen-bond acceptors (Lipinski definition) is 5. The molecular weight excluding hydrogens is 530 g/mol. The molecule has 2 unspecified atom stereocenters. The van der Waals surface area contributed by atoms with E-state index in [9.17, 15) is 37.4 Å². The average molecular weight is 552 g/mol. The summed E-state index contributed by atoms with van der Waals surface area (Å²) < 4.78 is 55.5. The zero-order valence-corrected chi connectivity index (χ0v) is 20.5. The van der Waals surface area contributed by atoms with Gasteiger partial charge in [-0.3, -0.25) is 14.5 Å². The van der Waals surface area contributed by atoms with Crippen molar-refractivity contribution in [1.29, 1.82) is 0 Å². The SMILES string of the molecule is O=C(O)C1CC=C(c2nn(C(=O)c3c(Cl)cccc3C(F)(F)F)c3cc(C(O)N4CC(F)C4)ccc23)CC1. The van der Waals surface area contributed by atoms with Crippen molar-refractivity contribution in [3.63, 3.8) is 0 Å². The summed E-state index contributed by atoms with van der Waals surface area (Å²) in [6.07, 6.45) is -4.49. The summed E-state index contributed by atoms with van der Waals surface area (Å²) in [7, 11) is 0. The van der Waals surface area contributed by atoms with E-state index in [0.29, 0.717) is 35.1 Å². The summed E-state index contributed by atoms with van der Waals surface area (Å²) >= 11 is 6.08. The van der Waals surface area contributed by atoms with E-state index in [1.54, 1.807) is 18.2 Å². The van der Waals surface area contributed by atoms with Crippen molar-refractivity contribution in [1.82, 2.24) is 14.7 Å². The molecule has 2 aliphatic rings. The van der Waals surface area contributed by atoms with Gasteiger partial charge in [-0.2, -0.15) is 23.0 Å². The number of allylic oxidation sites excluding steroid dienone is 2. The van der Waals surface area contributed by atoms with E-state index in [-0.39, 0.29) is 25.0 Å². The van der Waals surface area contributed by atoms with Crippen molar-refractivity contribution in [2.45, 2.75) is 37.8 Å². The minimum Gasteiger partial charge on any atom is -0.481 e. The molecule has 2 heterocycles. The molecule has 3 aromatic rings. The van der Waals surface area contributed by atoms with E-state index in [0.717, 1.165) is 16.8 Å². The molecule has 200 valence electrons. The van der Waals surface area contributed by atoms with Crippen LogP contribution in [0.15, 0.2) is 42.5 Å². The van der Waals surface area contributed by atoms with Crippen molar-refractivity contribution < 1.29 is 37.4 Å². The van der Waals surface area contributed by atoms with Gasteiger partial charge in [0, 0.05) is 18.5 Å². The summed E-state index contributed by atoms with van der Waals surface area (Å²) in [6, 6.07) is 7.65. The number of carboxylic acid groups (broad SMARTS) is 1. The lowest BCUT2D eigenvalue weighted by atomic mass is 9.87. The first kappa shape index (κ1) is 26.3. The third-order valence-corrected chi connectivity index (χ3v) is 7.32. The van der Waals surface area contributed by atoms with Gasteiger partial charge in [-0.25, -0.2) is 4.39 Å². The Morgan fingerprint density at radius 1 is 1.16 bits per heavy atom. The number of carbonyl (C=O) groups is 2. The quantitative estimate of drug-likeness (QED) is 0.417. The molecule has 0 bridgehead atoms. The van der Waals surface area contributed by atoms with Crippen molar-refractivity contribution in [2.75, 3.05) is 13.1 Å². The minimum atomic E-state index is -4.86. The molecule has 5 rings (SSSR count). The maximum atomic E-state index is 13.8. The van der Waals surface area contributed by atoms with Crippen LogP contribution in [0.4, 0.5) is 17.6 Å². The third-order valence-electron chi connectivity index (χ3n) is 7.00. The number of likely N-dealkylation sites (tertiary alicyclic amines) is 1. The molecule has 1 aromatic heterocycles. The molecule has 1 fully saturated rings. The molecule has 1 saturated heterocycles. The number of alkyl halides is 4. The lowest BCUT2D eigenvalue weighted by molar-refractivity contribution is -0.142. The van der Waals surface area contributed by atoms with Gasteiger partial charge in [0.1, 0.15) is 12.4 Å². The van der Waals surface area contributed by atoms with E-state index in [4.69, 9.17) is 11.6 Å². The molecule has 0 saturated carbocycles. The van der Waals surface area contributed by atoms with Gasteiger partial charge in [0.2, 0.25) is 0 Å². The highest BCUT2D eigenvalue weighted by atomic mass is 35.5. The summed E-state index contributed by atoms with van der Waals surface area (Å²) in [5.74, 6) is -2.60. The fraction of sp³-hybridized carbons (Fsp3) is 0.346. The van der Waals surface area contributed by atoms with Crippen LogP contribution in [0.1, 0.15) is 52.7 Å². The summed E-state index contributed by atoms with van der Waals surface area (Å²) in [5.41, 5.74) is -0.559. The highest BCUT2D eigenvalue weighted by Crippen LogP contribution is 2.38. The van der Waals surface area contributed by atoms with Crippen molar-refractivity contribution >= 4 is 40.0 Å². The Morgan fingerprint density at radius 3 is 2.50 bits per heavy atom. The van der Waals surface area contributed by atoms with Crippen LogP contribution in [0.25, 0.3) is 16.5 Å². The second-order valence-corrected chi connectivity index (χ2v) is 9.87. The number of aromatic nitrogens is 2. The molecule has 2 N–H and O–H groups in total. The van der Waals surface area contributed by atoms with Gasteiger partial charge >= 0.3 is 12.1 Å². The number of rotatable bonds is 5. The largest absolute Gasteiger partial charge is 0.481 e. The maximum absolute atomic E-state index is 13.8. The smallest absolute Gasteiger partial charge is 0.417 e. The van der Waals surface area contributed by atoms with Crippen LogP contribution < -0.4 is 0 Å².